The molecule has 1 rings (SSSR count). The van der Waals surface area contributed by atoms with Crippen molar-refractivity contribution in [1.29, 1.82) is 0 Å². The van der Waals surface area contributed by atoms with E-state index in [1.165, 1.54) is 13.0 Å². The van der Waals surface area contributed by atoms with Gasteiger partial charge >= 0.3 is 0 Å². The summed E-state index contributed by atoms with van der Waals surface area (Å²) in [5.41, 5.74) is 9.72. The summed E-state index contributed by atoms with van der Waals surface area (Å²) in [5.74, 6) is -2.70. The number of hydrogen-bond acceptors (Lipinski definition) is 3. The molecule has 0 aliphatic carbocycles. The van der Waals surface area contributed by atoms with E-state index >= 15 is 0 Å². The summed E-state index contributed by atoms with van der Waals surface area (Å²) in [7, 11) is -3.79. The van der Waals surface area contributed by atoms with Crippen LogP contribution in [0.4, 0.5) is 4.39 Å². The highest BCUT2D eigenvalue weighted by molar-refractivity contribution is 7.90. The number of sulfone groups is 1. The molecule has 0 aromatic heterocycles. The fourth-order valence-corrected chi connectivity index (χ4v) is 2.54. The molecule has 0 bridgehead atoms. The van der Waals surface area contributed by atoms with Crippen LogP contribution in [0.5, 0.6) is 0 Å². The van der Waals surface area contributed by atoms with E-state index in [2.05, 4.69) is 4.99 Å². The van der Waals surface area contributed by atoms with E-state index in [1.807, 2.05) is 0 Å². The zero-order valence-electron chi connectivity index (χ0n) is 9.77. The van der Waals surface area contributed by atoms with Crippen molar-refractivity contribution in [3.05, 3.63) is 29.1 Å². The second kappa shape index (κ2) is 4.73. The number of aryl methyl sites for hydroxylation is 1. The fourth-order valence-electron chi connectivity index (χ4n) is 1.45. The van der Waals surface area contributed by atoms with Crippen molar-refractivity contribution in [2.75, 3.05) is 6.26 Å². The zero-order chi connectivity index (χ0) is 14.1. The Hall–Kier alpha value is -1.96. The summed E-state index contributed by atoms with van der Waals surface area (Å²) < 4.78 is 36.8. The van der Waals surface area contributed by atoms with Crippen LogP contribution in [0.25, 0.3) is 0 Å². The molecule has 6 nitrogen and oxygen atoms in total. The van der Waals surface area contributed by atoms with E-state index in [1.54, 1.807) is 0 Å². The van der Waals surface area contributed by atoms with Crippen molar-refractivity contribution in [3.63, 3.8) is 0 Å². The van der Waals surface area contributed by atoms with Gasteiger partial charge in [-0.05, 0) is 18.6 Å². The molecule has 18 heavy (non-hydrogen) atoms. The summed E-state index contributed by atoms with van der Waals surface area (Å²) in [6.07, 6.45) is 0.854. The highest BCUT2D eigenvalue weighted by Crippen LogP contribution is 2.22. The van der Waals surface area contributed by atoms with Crippen molar-refractivity contribution >= 4 is 21.7 Å². The third-order valence-electron chi connectivity index (χ3n) is 2.13. The third kappa shape index (κ3) is 2.83. The standard InChI is InChI=1S/C10H12FN3O3S/c1-5-3-4-6(9(15)14-10(12)13)7(11)8(5)18(2,16)17/h3-4H,1-2H3,(H4,12,13,14,15). The van der Waals surface area contributed by atoms with E-state index in [9.17, 15) is 17.6 Å². The van der Waals surface area contributed by atoms with Gasteiger partial charge in [-0.2, -0.15) is 4.99 Å². The topological polar surface area (TPSA) is 116 Å². The van der Waals surface area contributed by atoms with Gasteiger partial charge in [0.1, 0.15) is 4.90 Å². The Balaban J connectivity index is 3.53. The average molecular weight is 273 g/mol. The number of carbonyl (C=O) groups is 1. The summed E-state index contributed by atoms with van der Waals surface area (Å²) in [6, 6.07) is 2.45. The molecule has 1 amide bonds. The number of carbonyl (C=O) groups excluding carboxylic acids is 1. The van der Waals surface area contributed by atoms with Crippen LogP contribution in [0.1, 0.15) is 15.9 Å². The summed E-state index contributed by atoms with van der Waals surface area (Å²) in [4.78, 5) is 14.1. The maximum absolute atomic E-state index is 14.0. The van der Waals surface area contributed by atoms with E-state index in [0.717, 1.165) is 12.3 Å². The lowest BCUT2D eigenvalue weighted by Gasteiger charge is -2.07. The number of halogens is 1. The first-order valence-electron chi connectivity index (χ1n) is 4.77. The van der Waals surface area contributed by atoms with Crippen molar-refractivity contribution in [2.45, 2.75) is 11.8 Å². The van der Waals surface area contributed by atoms with Gasteiger partial charge in [0.15, 0.2) is 21.6 Å². The quantitative estimate of drug-likeness (QED) is 0.579. The molecule has 0 spiro atoms. The lowest BCUT2D eigenvalue weighted by molar-refractivity contribution is 0.0998. The number of aliphatic imine (C=N–C) groups is 1. The van der Waals surface area contributed by atoms with Crippen LogP contribution >= 0.6 is 0 Å². The van der Waals surface area contributed by atoms with Gasteiger partial charge in [0.05, 0.1) is 5.56 Å². The predicted octanol–water partition coefficient (Wildman–Crippen LogP) is -0.0488. The van der Waals surface area contributed by atoms with Crippen LogP contribution in [-0.2, 0) is 9.84 Å². The van der Waals surface area contributed by atoms with Crippen LogP contribution in [-0.4, -0.2) is 26.5 Å². The highest BCUT2D eigenvalue weighted by atomic mass is 32.2. The average Bonchev–Trinajstić information content (AvgIpc) is 2.13. The smallest absolute Gasteiger partial charge is 0.283 e. The molecule has 0 aliphatic heterocycles. The molecule has 0 saturated heterocycles. The Morgan fingerprint density at radius 3 is 2.33 bits per heavy atom. The molecule has 0 heterocycles. The largest absolute Gasteiger partial charge is 0.370 e. The van der Waals surface area contributed by atoms with Crippen LogP contribution in [0.15, 0.2) is 22.0 Å². The van der Waals surface area contributed by atoms with Crippen molar-refractivity contribution in [2.24, 2.45) is 16.5 Å². The lowest BCUT2D eigenvalue weighted by atomic mass is 10.1. The molecular weight excluding hydrogens is 261 g/mol. The van der Waals surface area contributed by atoms with E-state index in [4.69, 9.17) is 11.5 Å². The Morgan fingerprint density at radius 2 is 1.89 bits per heavy atom. The second-order valence-corrected chi connectivity index (χ2v) is 5.64. The maximum atomic E-state index is 14.0. The van der Waals surface area contributed by atoms with Gasteiger partial charge in [0.25, 0.3) is 5.91 Å². The van der Waals surface area contributed by atoms with Crippen LogP contribution < -0.4 is 11.5 Å². The monoisotopic (exact) mass is 273 g/mol. The first kappa shape index (κ1) is 14.1. The molecule has 0 aliphatic rings. The molecule has 0 fully saturated rings. The number of guanidine groups is 1. The summed E-state index contributed by atoms with van der Waals surface area (Å²) >= 11 is 0. The number of nitrogens with zero attached hydrogens (tertiary/aromatic N) is 1. The predicted molar refractivity (Wildman–Crippen MR) is 64.4 cm³/mol. The number of nitrogens with two attached hydrogens (primary N) is 2. The van der Waals surface area contributed by atoms with Gasteiger partial charge in [-0.15, -0.1) is 0 Å². The first-order valence-corrected chi connectivity index (χ1v) is 6.67. The SMILES string of the molecule is Cc1ccc(C(=O)N=C(N)N)c(F)c1S(C)(=O)=O. The van der Waals surface area contributed by atoms with Crippen LogP contribution in [0, 0.1) is 12.7 Å². The lowest BCUT2D eigenvalue weighted by Crippen LogP contribution is -2.24. The van der Waals surface area contributed by atoms with Gasteiger partial charge in [-0.3, -0.25) is 4.79 Å². The zero-order valence-corrected chi connectivity index (χ0v) is 10.6. The Kier molecular flexibility index (Phi) is 3.70. The van der Waals surface area contributed by atoms with E-state index in [0.29, 0.717) is 0 Å². The van der Waals surface area contributed by atoms with Gasteiger partial charge in [-0.25, -0.2) is 12.8 Å². The molecule has 1 aromatic carbocycles. The molecule has 1 aromatic rings. The number of benzene rings is 1. The van der Waals surface area contributed by atoms with Crippen molar-refractivity contribution in [1.82, 2.24) is 0 Å². The molecule has 0 atom stereocenters. The summed E-state index contributed by atoms with van der Waals surface area (Å²) in [6.45, 7) is 1.42. The molecule has 0 radical (unpaired) electrons. The second-order valence-electron chi connectivity index (χ2n) is 3.69. The number of rotatable bonds is 2. The Morgan fingerprint density at radius 1 is 1.33 bits per heavy atom. The molecule has 8 heteroatoms. The molecule has 0 saturated carbocycles. The van der Waals surface area contributed by atoms with Crippen LogP contribution in [0.3, 0.4) is 0 Å². The van der Waals surface area contributed by atoms with Gasteiger partial charge < -0.3 is 11.5 Å². The number of hydrogen-bond donors (Lipinski definition) is 2. The normalized spacial score (nSPS) is 11.1. The Labute approximate surface area is 103 Å². The van der Waals surface area contributed by atoms with Crippen molar-refractivity contribution < 1.29 is 17.6 Å². The molecule has 98 valence electrons. The molecular formula is C10H12FN3O3S. The molecule has 0 unspecified atom stereocenters. The summed E-state index contributed by atoms with van der Waals surface area (Å²) in [5, 5.41) is 0. The van der Waals surface area contributed by atoms with Gasteiger partial charge in [0.2, 0.25) is 0 Å². The van der Waals surface area contributed by atoms with Crippen LogP contribution in [0.2, 0.25) is 0 Å². The maximum Gasteiger partial charge on any atom is 0.283 e. The first-order chi connectivity index (χ1) is 8.14. The molecule has 4 N–H and O–H groups in total. The van der Waals surface area contributed by atoms with Gasteiger partial charge in [0, 0.05) is 6.26 Å². The minimum atomic E-state index is -3.79. The third-order valence-corrected chi connectivity index (χ3v) is 3.37. The highest BCUT2D eigenvalue weighted by Gasteiger charge is 2.22. The number of amides is 1. The Bertz CT molecular complexity index is 634. The fraction of sp³-hybridized carbons (Fsp3) is 0.200. The van der Waals surface area contributed by atoms with E-state index < -0.39 is 38.0 Å². The van der Waals surface area contributed by atoms with Crippen molar-refractivity contribution in [3.8, 4) is 0 Å². The minimum Gasteiger partial charge on any atom is -0.370 e. The van der Waals surface area contributed by atoms with E-state index in [-0.39, 0.29) is 5.56 Å². The minimum absolute atomic E-state index is 0.205. The van der Waals surface area contributed by atoms with Gasteiger partial charge in [-0.1, -0.05) is 6.07 Å².